The number of rotatable bonds is 15. The van der Waals surface area contributed by atoms with Crippen molar-refractivity contribution in [2.75, 3.05) is 30.7 Å². The van der Waals surface area contributed by atoms with Gasteiger partial charge < -0.3 is 30.1 Å². The Labute approximate surface area is 254 Å². The van der Waals surface area contributed by atoms with E-state index in [9.17, 15) is 28.2 Å². The molecule has 12 heteroatoms. The average molecular weight is 621 g/mol. The van der Waals surface area contributed by atoms with Crippen molar-refractivity contribution in [2.45, 2.75) is 12.7 Å². The van der Waals surface area contributed by atoms with Crippen LogP contribution in [0, 0.1) is 0 Å². The molecule has 0 heterocycles. The van der Waals surface area contributed by atoms with Gasteiger partial charge in [-0.15, -0.1) is 0 Å². The number of benzene rings is 4. The number of hydrogen-bond acceptors (Lipinski definition) is 8. The third-order valence-corrected chi connectivity index (χ3v) is 7.06. The molecule has 0 aliphatic heterocycles. The maximum atomic E-state index is 11.9. The summed E-state index contributed by atoms with van der Waals surface area (Å²) in [7, 11) is -3.60. The number of carboxylic acid groups (broad SMARTS) is 2. The highest BCUT2D eigenvalue weighted by atomic mass is 32.2. The lowest BCUT2D eigenvalue weighted by Crippen LogP contribution is -2.26. The topological polar surface area (TPSA) is 171 Å². The summed E-state index contributed by atoms with van der Waals surface area (Å²) in [6.07, 6.45) is 0.103. The second-order valence-electron chi connectivity index (χ2n) is 9.87. The van der Waals surface area contributed by atoms with Gasteiger partial charge in [0.25, 0.3) is 0 Å². The molecule has 0 saturated heterocycles. The van der Waals surface area contributed by atoms with Crippen molar-refractivity contribution in [3.63, 3.8) is 0 Å². The Kier molecular flexibility index (Phi) is 10.6. The SMILES string of the molecule is CS(=O)(=O)Nc1cc(C(O)CNCCOc2ccc(-c3ccc(C(=O)O)cc3C(=O)O)cc2)ccc1OCc1ccccc1. The lowest BCUT2D eigenvalue weighted by Gasteiger charge is -2.17. The van der Waals surface area contributed by atoms with Crippen LogP contribution in [-0.4, -0.2) is 61.6 Å². The maximum absolute atomic E-state index is 11.9. The number of aliphatic hydroxyl groups is 1. The van der Waals surface area contributed by atoms with Crippen LogP contribution in [0.1, 0.15) is 37.9 Å². The van der Waals surface area contributed by atoms with Crippen LogP contribution in [0.15, 0.2) is 91.0 Å². The molecule has 5 N–H and O–H groups in total. The molecule has 0 saturated carbocycles. The van der Waals surface area contributed by atoms with Crippen molar-refractivity contribution in [1.29, 1.82) is 0 Å². The number of aliphatic hydroxyl groups excluding tert-OH is 1. The van der Waals surface area contributed by atoms with E-state index >= 15 is 0 Å². The standard InChI is InChI=1S/C32H32N2O9S/c1-44(40,41)34-28-18-23(10-14-30(28)43-20-21-5-3-2-4-6-21)29(35)19-33-15-16-42-25-11-7-22(8-12-25)26-13-9-24(31(36)37)17-27(26)32(38)39/h2-14,17-18,29,33-35H,15-16,19-20H2,1H3,(H,36,37)(H,38,39). The van der Waals surface area contributed by atoms with E-state index in [1.165, 1.54) is 18.2 Å². The molecule has 0 spiro atoms. The van der Waals surface area contributed by atoms with Crippen LogP contribution in [0.25, 0.3) is 11.1 Å². The van der Waals surface area contributed by atoms with Gasteiger partial charge >= 0.3 is 11.9 Å². The van der Waals surface area contributed by atoms with Crippen LogP contribution in [0.3, 0.4) is 0 Å². The summed E-state index contributed by atoms with van der Waals surface area (Å²) < 4.78 is 37.9. The molecule has 0 fully saturated rings. The minimum Gasteiger partial charge on any atom is -0.492 e. The summed E-state index contributed by atoms with van der Waals surface area (Å²) in [5.41, 5.74) is 2.38. The third-order valence-electron chi connectivity index (χ3n) is 6.47. The van der Waals surface area contributed by atoms with Crippen molar-refractivity contribution < 1.29 is 42.8 Å². The van der Waals surface area contributed by atoms with Gasteiger partial charge in [-0.25, -0.2) is 18.0 Å². The van der Waals surface area contributed by atoms with Crippen molar-refractivity contribution in [3.05, 3.63) is 113 Å². The zero-order valence-corrected chi connectivity index (χ0v) is 24.6. The van der Waals surface area contributed by atoms with Crippen LogP contribution >= 0.6 is 0 Å². The normalized spacial score (nSPS) is 11.9. The van der Waals surface area contributed by atoms with E-state index in [1.807, 2.05) is 30.3 Å². The van der Waals surface area contributed by atoms with Crippen molar-refractivity contribution >= 4 is 27.6 Å². The first-order valence-electron chi connectivity index (χ1n) is 13.5. The molecule has 0 bridgehead atoms. The molecule has 0 aliphatic rings. The fourth-order valence-electron chi connectivity index (χ4n) is 4.33. The molecule has 44 heavy (non-hydrogen) atoms. The molecule has 1 atom stereocenters. The van der Waals surface area contributed by atoms with Crippen LogP contribution < -0.4 is 19.5 Å². The van der Waals surface area contributed by atoms with Gasteiger partial charge in [-0.3, -0.25) is 4.72 Å². The van der Waals surface area contributed by atoms with E-state index in [0.29, 0.717) is 34.7 Å². The maximum Gasteiger partial charge on any atom is 0.336 e. The van der Waals surface area contributed by atoms with Crippen LogP contribution in [-0.2, 0) is 16.6 Å². The largest absolute Gasteiger partial charge is 0.492 e. The quantitative estimate of drug-likeness (QED) is 0.120. The molecule has 4 rings (SSSR count). The second kappa shape index (κ2) is 14.5. The van der Waals surface area contributed by atoms with Gasteiger partial charge in [0.2, 0.25) is 10.0 Å². The van der Waals surface area contributed by atoms with Gasteiger partial charge in [-0.1, -0.05) is 54.6 Å². The van der Waals surface area contributed by atoms with E-state index < -0.39 is 28.1 Å². The Morgan fingerprint density at radius 1 is 0.864 bits per heavy atom. The lowest BCUT2D eigenvalue weighted by atomic mass is 9.97. The molecular formula is C32H32N2O9S. The molecule has 11 nitrogen and oxygen atoms in total. The van der Waals surface area contributed by atoms with Crippen molar-refractivity contribution in [2.24, 2.45) is 0 Å². The highest BCUT2D eigenvalue weighted by Crippen LogP contribution is 2.30. The average Bonchev–Trinajstić information content (AvgIpc) is 3.00. The molecular weight excluding hydrogens is 588 g/mol. The summed E-state index contributed by atoms with van der Waals surface area (Å²) in [6.45, 7) is 1.09. The number of anilines is 1. The summed E-state index contributed by atoms with van der Waals surface area (Å²) >= 11 is 0. The minimum atomic E-state index is -3.60. The Hall–Kier alpha value is -4.91. The van der Waals surface area contributed by atoms with Gasteiger partial charge in [0.1, 0.15) is 24.7 Å². The molecule has 0 amide bonds. The van der Waals surface area contributed by atoms with Crippen LogP contribution in [0.4, 0.5) is 5.69 Å². The number of aromatic carboxylic acids is 2. The summed E-state index contributed by atoms with van der Waals surface area (Å²) in [5, 5.41) is 32.5. The second-order valence-corrected chi connectivity index (χ2v) is 11.6. The fraction of sp³-hybridized carbons (Fsp3) is 0.188. The van der Waals surface area contributed by atoms with Crippen LogP contribution in [0.5, 0.6) is 11.5 Å². The first kappa shape index (κ1) is 32.0. The van der Waals surface area contributed by atoms with Crippen molar-refractivity contribution in [1.82, 2.24) is 5.32 Å². The summed E-state index contributed by atoms with van der Waals surface area (Å²) in [5.74, 6) is -1.57. The number of sulfonamides is 1. The fourth-order valence-corrected chi connectivity index (χ4v) is 4.89. The number of carboxylic acids is 2. The first-order chi connectivity index (χ1) is 21.0. The minimum absolute atomic E-state index is 0.111. The zero-order chi connectivity index (χ0) is 31.7. The summed E-state index contributed by atoms with van der Waals surface area (Å²) in [6, 6.07) is 24.9. The van der Waals surface area contributed by atoms with Gasteiger partial charge in [0, 0.05) is 13.1 Å². The zero-order valence-electron chi connectivity index (χ0n) is 23.8. The highest BCUT2D eigenvalue weighted by molar-refractivity contribution is 7.92. The van der Waals surface area contributed by atoms with Gasteiger partial charge in [-0.05, 0) is 58.7 Å². The van der Waals surface area contributed by atoms with Gasteiger partial charge in [-0.2, -0.15) is 0 Å². The van der Waals surface area contributed by atoms with Gasteiger partial charge in [0.05, 0.1) is 29.2 Å². The van der Waals surface area contributed by atoms with Gasteiger partial charge in [0.15, 0.2) is 0 Å². The number of hydrogen-bond donors (Lipinski definition) is 5. The number of ether oxygens (including phenoxy) is 2. The number of carbonyl (C=O) groups is 2. The van der Waals surface area contributed by atoms with E-state index in [4.69, 9.17) is 14.6 Å². The Balaban J connectivity index is 1.30. The predicted octanol–water partition coefficient (Wildman–Crippen LogP) is 4.40. The molecule has 1 unspecified atom stereocenters. The first-order valence-corrected chi connectivity index (χ1v) is 15.4. The Morgan fingerprint density at radius 3 is 2.25 bits per heavy atom. The van der Waals surface area contributed by atoms with Crippen molar-refractivity contribution in [3.8, 4) is 22.6 Å². The van der Waals surface area contributed by atoms with E-state index in [1.54, 1.807) is 36.4 Å². The van der Waals surface area contributed by atoms with E-state index in [2.05, 4.69) is 10.0 Å². The highest BCUT2D eigenvalue weighted by Gasteiger charge is 2.16. The third kappa shape index (κ3) is 9.04. The number of nitrogens with one attached hydrogen (secondary N) is 2. The monoisotopic (exact) mass is 620 g/mol. The smallest absolute Gasteiger partial charge is 0.336 e. The molecule has 230 valence electrons. The molecule has 0 radical (unpaired) electrons. The van der Waals surface area contributed by atoms with E-state index in [0.717, 1.165) is 17.9 Å². The van der Waals surface area contributed by atoms with Crippen LogP contribution in [0.2, 0.25) is 0 Å². The molecule has 0 aromatic heterocycles. The molecule has 0 aliphatic carbocycles. The predicted molar refractivity (Wildman–Crippen MR) is 165 cm³/mol. The lowest BCUT2D eigenvalue weighted by molar-refractivity contribution is 0.0696. The Bertz CT molecular complexity index is 1710. The molecule has 4 aromatic carbocycles. The van der Waals surface area contributed by atoms with E-state index in [-0.39, 0.29) is 36.6 Å². The summed E-state index contributed by atoms with van der Waals surface area (Å²) in [4.78, 5) is 22.9. The molecule has 4 aromatic rings. The Morgan fingerprint density at radius 2 is 1.59 bits per heavy atom.